The second-order valence-electron chi connectivity index (χ2n) is 4.06. The van der Waals surface area contributed by atoms with Gasteiger partial charge in [-0.25, -0.2) is 0 Å². The molecule has 20 heavy (non-hydrogen) atoms. The maximum absolute atomic E-state index is 13.1. The highest BCUT2D eigenvalue weighted by atomic mass is 32.3. The average Bonchev–Trinajstić information content (AvgIpc) is 2.38. The van der Waals surface area contributed by atoms with Gasteiger partial charge in [0.2, 0.25) is 0 Å². The van der Waals surface area contributed by atoms with Crippen molar-refractivity contribution in [3.8, 4) is 0 Å². The van der Waals surface area contributed by atoms with Crippen LogP contribution in [0.15, 0.2) is 47.5 Å². The van der Waals surface area contributed by atoms with Gasteiger partial charge in [0.05, 0.1) is 5.69 Å². The molecule has 1 amide bonds. The number of carbonyl (C=O) groups is 1. The maximum atomic E-state index is 13.1. The molecule has 5 nitrogen and oxygen atoms in total. The molecule has 1 N–H and O–H groups in total. The van der Waals surface area contributed by atoms with Gasteiger partial charge in [0.1, 0.15) is 10.6 Å². The molecule has 0 saturated carbocycles. The van der Waals surface area contributed by atoms with Crippen LogP contribution in [0.3, 0.4) is 0 Å². The summed E-state index contributed by atoms with van der Waals surface area (Å²) in [6.45, 7) is 1.69. The zero-order valence-corrected chi connectivity index (χ0v) is 11.3. The largest absolute Gasteiger partial charge is 0.334 e. The topological polar surface area (TPSA) is 76.1 Å². The van der Waals surface area contributed by atoms with Crippen LogP contribution in [0, 0.1) is 6.92 Å². The molecule has 2 rings (SSSR count). The second kappa shape index (κ2) is 5.38. The fourth-order valence-corrected chi connectivity index (χ4v) is 2.31. The van der Waals surface area contributed by atoms with Crippen molar-refractivity contribution in [3.63, 3.8) is 0 Å². The van der Waals surface area contributed by atoms with Crippen molar-refractivity contribution < 1.29 is 17.1 Å². The number of pyridine rings is 1. The smallest absolute Gasteiger partial charge is 0.319 e. The van der Waals surface area contributed by atoms with E-state index in [-0.39, 0.29) is 11.4 Å². The lowest BCUT2D eigenvalue weighted by atomic mass is 10.2. The molecule has 1 heterocycles. The Hall–Kier alpha value is -2.28. The first-order chi connectivity index (χ1) is 9.39. The number of benzene rings is 1. The van der Waals surface area contributed by atoms with Gasteiger partial charge in [-0.3, -0.25) is 9.78 Å². The van der Waals surface area contributed by atoms with E-state index in [2.05, 4.69) is 10.3 Å². The number of rotatable bonds is 3. The van der Waals surface area contributed by atoms with E-state index >= 15 is 0 Å². The van der Waals surface area contributed by atoms with E-state index in [4.69, 9.17) is 0 Å². The Kier molecular flexibility index (Phi) is 3.80. The molecule has 0 fully saturated rings. The Balaban J connectivity index is 2.37. The number of aryl methyl sites for hydroxylation is 1. The Morgan fingerprint density at radius 3 is 2.55 bits per heavy atom. The van der Waals surface area contributed by atoms with Crippen molar-refractivity contribution in [1.82, 2.24) is 4.98 Å². The lowest BCUT2D eigenvalue weighted by Gasteiger charge is -2.09. The summed E-state index contributed by atoms with van der Waals surface area (Å²) in [7, 11) is -4.91. The number of para-hydroxylation sites is 1. The highest BCUT2D eigenvalue weighted by Gasteiger charge is 2.19. The van der Waals surface area contributed by atoms with Crippen LogP contribution in [0.1, 0.15) is 16.1 Å². The third-order valence-electron chi connectivity index (χ3n) is 2.62. The highest BCUT2D eigenvalue weighted by molar-refractivity contribution is 7.86. The van der Waals surface area contributed by atoms with Crippen molar-refractivity contribution in [2.24, 2.45) is 0 Å². The normalized spacial score (nSPS) is 11.1. The summed E-state index contributed by atoms with van der Waals surface area (Å²) in [6.07, 6.45) is 1.44. The van der Waals surface area contributed by atoms with Crippen LogP contribution in [0.2, 0.25) is 0 Å². The third-order valence-corrected chi connectivity index (χ3v) is 3.50. The van der Waals surface area contributed by atoms with E-state index in [1.165, 1.54) is 24.4 Å². The number of nitrogens with one attached hydrogen (secondary N) is 1. The molecule has 1 aromatic carbocycles. The molecule has 7 heteroatoms. The number of hydrogen-bond acceptors (Lipinski definition) is 4. The summed E-state index contributed by atoms with van der Waals surface area (Å²) < 4.78 is 35.1. The molecule has 0 spiro atoms. The number of hydrogen-bond donors (Lipinski definition) is 1. The number of amides is 1. The first-order valence-electron chi connectivity index (χ1n) is 5.66. The zero-order chi connectivity index (χ0) is 14.8. The fourth-order valence-electron chi connectivity index (χ4n) is 1.69. The van der Waals surface area contributed by atoms with Gasteiger partial charge in [0.15, 0.2) is 0 Å². The minimum absolute atomic E-state index is 0.120. The SMILES string of the molecule is Cc1cccnc1C(=O)Nc1ccccc1S(=O)(=O)F. The van der Waals surface area contributed by atoms with Gasteiger partial charge in [-0.1, -0.05) is 18.2 Å². The van der Waals surface area contributed by atoms with E-state index in [0.717, 1.165) is 6.07 Å². The van der Waals surface area contributed by atoms with Crippen molar-refractivity contribution in [2.45, 2.75) is 11.8 Å². The number of aromatic nitrogens is 1. The predicted molar refractivity (Wildman–Crippen MR) is 71.7 cm³/mol. The lowest BCUT2D eigenvalue weighted by Crippen LogP contribution is -2.16. The van der Waals surface area contributed by atoms with Gasteiger partial charge in [-0.2, -0.15) is 8.42 Å². The minimum Gasteiger partial charge on any atom is -0.319 e. The molecule has 104 valence electrons. The monoisotopic (exact) mass is 294 g/mol. The first-order valence-corrected chi connectivity index (χ1v) is 7.04. The Labute approximate surface area is 115 Å². The molecule has 0 atom stereocenters. The van der Waals surface area contributed by atoms with Gasteiger partial charge in [-0.05, 0) is 30.7 Å². The lowest BCUT2D eigenvalue weighted by molar-refractivity contribution is 0.102. The van der Waals surface area contributed by atoms with Gasteiger partial charge in [0, 0.05) is 6.20 Å². The molecule has 0 bridgehead atoms. The molecule has 1 aromatic heterocycles. The van der Waals surface area contributed by atoms with Crippen molar-refractivity contribution >= 4 is 21.8 Å². The fraction of sp³-hybridized carbons (Fsp3) is 0.0769. The van der Waals surface area contributed by atoms with Gasteiger partial charge in [0.25, 0.3) is 5.91 Å². The number of carbonyl (C=O) groups excluding carboxylic acids is 1. The molecule has 0 saturated heterocycles. The summed E-state index contributed by atoms with van der Waals surface area (Å²) in [4.78, 5) is 15.4. The maximum Gasteiger partial charge on any atom is 0.334 e. The molecule has 0 aliphatic heterocycles. The van der Waals surface area contributed by atoms with E-state index in [1.807, 2.05) is 0 Å². The minimum atomic E-state index is -4.91. The first kappa shape index (κ1) is 14.1. The summed E-state index contributed by atoms with van der Waals surface area (Å²) >= 11 is 0. The number of nitrogens with zero attached hydrogens (tertiary/aromatic N) is 1. The van der Waals surface area contributed by atoms with Crippen LogP contribution < -0.4 is 5.32 Å². The molecule has 0 aliphatic rings. The molecule has 0 aliphatic carbocycles. The predicted octanol–water partition coefficient (Wildman–Crippen LogP) is 2.30. The number of halogens is 1. The van der Waals surface area contributed by atoms with E-state index in [9.17, 15) is 17.1 Å². The summed E-state index contributed by atoms with van der Waals surface area (Å²) in [5.74, 6) is -0.598. The van der Waals surface area contributed by atoms with Crippen molar-refractivity contribution in [2.75, 3.05) is 5.32 Å². The van der Waals surface area contributed by atoms with Crippen molar-refractivity contribution in [3.05, 3.63) is 53.9 Å². The Morgan fingerprint density at radius 2 is 1.90 bits per heavy atom. The average molecular weight is 294 g/mol. The zero-order valence-electron chi connectivity index (χ0n) is 10.5. The molecule has 2 aromatic rings. The van der Waals surface area contributed by atoms with E-state index < -0.39 is 21.0 Å². The molecule has 0 unspecified atom stereocenters. The van der Waals surface area contributed by atoms with Gasteiger partial charge < -0.3 is 5.32 Å². The Morgan fingerprint density at radius 1 is 1.20 bits per heavy atom. The van der Waals surface area contributed by atoms with Gasteiger partial charge >= 0.3 is 10.2 Å². The summed E-state index contributed by atoms with van der Waals surface area (Å²) in [5.41, 5.74) is 0.661. The second-order valence-corrected chi connectivity index (χ2v) is 5.37. The quantitative estimate of drug-likeness (QED) is 0.881. The van der Waals surface area contributed by atoms with Crippen LogP contribution >= 0.6 is 0 Å². The van der Waals surface area contributed by atoms with E-state index in [1.54, 1.807) is 19.1 Å². The van der Waals surface area contributed by atoms with Crippen LogP contribution in [0.25, 0.3) is 0 Å². The standard InChI is InChI=1S/C13H11FN2O3S/c1-9-5-4-8-15-12(9)13(17)16-10-6-2-3-7-11(10)20(14,18)19/h2-8H,1H3,(H,16,17). The van der Waals surface area contributed by atoms with Crippen LogP contribution in [0.4, 0.5) is 9.57 Å². The van der Waals surface area contributed by atoms with Gasteiger partial charge in [-0.15, -0.1) is 3.89 Å². The molecular formula is C13H11FN2O3S. The highest BCUT2D eigenvalue weighted by Crippen LogP contribution is 2.23. The van der Waals surface area contributed by atoms with Crippen LogP contribution in [-0.2, 0) is 10.2 Å². The summed E-state index contributed by atoms with van der Waals surface area (Å²) in [6, 6.07) is 8.62. The molecule has 0 radical (unpaired) electrons. The van der Waals surface area contributed by atoms with Crippen LogP contribution in [-0.4, -0.2) is 19.3 Å². The van der Waals surface area contributed by atoms with Crippen LogP contribution in [0.5, 0.6) is 0 Å². The third kappa shape index (κ3) is 3.00. The van der Waals surface area contributed by atoms with Crippen molar-refractivity contribution in [1.29, 1.82) is 0 Å². The van der Waals surface area contributed by atoms with E-state index in [0.29, 0.717) is 5.56 Å². The Bertz CT molecular complexity index is 760. The number of anilines is 1. The summed E-state index contributed by atoms with van der Waals surface area (Å²) in [5, 5.41) is 2.35. The molecular weight excluding hydrogens is 283 g/mol.